The van der Waals surface area contributed by atoms with Gasteiger partial charge in [0.25, 0.3) is 0 Å². The van der Waals surface area contributed by atoms with Crippen LogP contribution in [0.4, 0.5) is 11.4 Å². The Bertz CT molecular complexity index is 1370. The number of nitrogens with zero attached hydrogens (tertiary/aromatic N) is 2. The third-order valence-electron chi connectivity index (χ3n) is 5.68. The molecule has 40 heavy (non-hydrogen) atoms. The summed E-state index contributed by atoms with van der Waals surface area (Å²) in [6.45, 7) is 14.9. The fraction of sp³-hybridized carbons (Fsp3) is 0.323. The van der Waals surface area contributed by atoms with E-state index in [0.29, 0.717) is 0 Å². The van der Waals surface area contributed by atoms with Gasteiger partial charge in [0.2, 0.25) is 0 Å². The predicted octanol–water partition coefficient (Wildman–Crippen LogP) is 11.9. The largest absolute Gasteiger partial charge is 0.372 e. The molecule has 0 amide bonds. The van der Waals surface area contributed by atoms with E-state index in [1.54, 1.807) is 46.7 Å². The SMILES string of the molecule is C.CCN(CC)c1ccc(/C=C/c2cc(=S)ss2)cc1.CCN(CC)c1ccc(C=S)cc1.Cc1cc(=S)ss1. The van der Waals surface area contributed by atoms with Gasteiger partial charge in [0.15, 0.2) is 0 Å². The Kier molecular flexibility index (Phi) is 18.5. The topological polar surface area (TPSA) is 6.48 Å². The molecule has 0 radical (unpaired) electrons. The molecule has 0 aliphatic heterocycles. The van der Waals surface area contributed by atoms with Crippen LogP contribution in [0.15, 0.2) is 60.7 Å². The second-order valence-corrected chi connectivity index (χ2v) is 14.5. The van der Waals surface area contributed by atoms with E-state index in [0.717, 1.165) is 39.4 Å². The maximum absolute atomic E-state index is 5.13. The van der Waals surface area contributed by atoms with Crippen molar-refractivity contribution in [2.45, 2.75) is 42.0 Å². The van der Waals surface area contributed by atoms with Crippen LogP contribution in [0.25, 0.3) is 12.2 Å². The Morgan fingerprint density at radius 3 is 1.40 bits per heavy atom. The molecular formula is C31H40N2S7. The molecular weight excluding hydrogens is 625 g/mol. The Hall–Kier alpha value is -1.59. The average molecular weight is 665 g/mol. The van der Waals surface area contributed by atoms with Gasteiger partial charge in [-0.25, -0.2) is 0 Å². The summed E-state index contributed by atoms with van der Waals surface area (Å²) in [7, 11) is 6.78. The molecule has 0 N–H and O–H groups in total. The molecule has 0 bridgehead atoms. The van der Waals surface area contributed by atoms with Gasteiger partial charge in [-0.3, -0.25) is 0 Å². The van der Waals surface area contributed by atoms with Gasteiger partial charge < -0.3 is 9.80 Å². The summed E-state index contributed by atoms with van der Waals surface area (Å²) in [6.07, 6.45) is 4.27. The maximum Gasteiger partial charge on any atom is 0.102 e. The van der Waals surface area contributed by atoms with Gasteiger partial charge >= 0.3 is 0 Å². The molecule has 0 fully saturated rings. The molecule has 4 rings (SSSR count). The van der Waals surface area contributed by atoms with Crippen LogP contribution in [0.5, 0.6) is 0 Å². The molecule has 0 unspecified atom stereocenters. The molecule has 2 aromatic heterocycles. The van der Waals surface area contributed by atoms with Crippen molar-refractivity contribution in [3.8, 4) is 0 Å². The summed E-state index contributed by atoms with van der Waals surface area (Å²) in [4.78, 5) is 7.20. The Morgan fingerprint density at radius 1 is 0.625 bits per heavy atom. The van der Waals surface area contributed by atoms with Crippen molar-refractivity contribution in [3.05, 3.63) is 89.2 Å². The van der Waals surface area contributed by atoms with Crippen LogP contribution < -0.4 is 9.80 Å². The minimum absolute atomic E-state index is 0. The van der Waals surface area contributed by atoms with Crippen molar-refractivity contribution in [2.24, 2.45) is 0 Å². The minimum atomic E-state index is 0. The Balaban J connectivity index is 0.000000329. The van der Waals surface area contributed by atoms with Crippen LogP contribution in [0.3, 0.4) is 0 Å². The molecule has 2 heterocycles. The second kappa shape index (κ2) is 20.3. The van der Waals surface area contributed by atoms with Gasteiger partial charge in [0.05, 0.1) is 0 Å². The lowest BCUT2D eigenvalue weighted by Crippen LogP contribution is -2.21. The van der Waals surface area contributed by atoms with Crippen molar-refractivity contribution < 1.29 is 0 Å². The fourth-order valence-electron chi connectivity index (χ4n) is 3.57. The van der Waals surface area contributed by atoms with Crippen molar-refractivity contribution in [2.75, 3.05) is 36.0 Å². The molecule has 0 atom stereocenters. The lowest BCUT2D eigenvalue weighted by molar-refractivity contribution is 0.866. The van der Waals surface area contributed by atoms with E-state index in [-0.39, 0.29) is 7.43 Å². The van der Waals surface area contributed by atoms with Gasteiger partial charge in [0.1, 0.15) is 7.65 Å². The van der Waals surface area contributed by atoms with Crippen LogP contribution >= 0.6 is 78.0 Å². The number of thiocarbonyl (C=S) groups is 1. The highest BCUT2D eigenvalue weighted by Gasteiger charge is 2.01. The van der Waals surface area contributed by atoms with E-state index in [9.17, 15) is 0 Å². The molecule has 2 aromatic carbocycles. The summed E-state index contributed by atoms with van der Waals surface area (Å²) >= 11 is 14.8. The van der Waals surface area contributed by atoms with Gasteiger partial charge in [-0.2, -0.15) is 0 Å². The third-order valence-corrected chi connectivity index (χ3v) is 11.8. The third kappa shape index (κ3) is 12.9. The molecule has 0 saturated heterocycles. The van der Waals surface area contributed by atoms with Crippen molar-refractivity contribution in [3.63, 3.8) is 0 Å². The smallest absolute Gasteiger partial charge is 0.102 e. The van der Waals surface area contributed by atoms with Crippen LogP contribution in [-0.4, -0.2) is 31.5 Å². The average Bonchev–Trinajstić information content (AvgIpc) is 3.56. The summed E-state index contributed by atoms with van der Waals surface area (Å²) in [6, 6.07) is 21.1. The van der Waals surface area contributed by atoms with Crippen LogP contribution in [0.1, 0.15) is 56.0 Å². The highest BCUT2D eigenvalue weighted by atomic mass is 32.9. The zero-order valence-electron chi connectivity index (χ0n) is 23.1. The van der Waals surface area contributed by atoms with E-state index in [2.05, 4.69) is 105 Å². The lowest BCUT2D eigenvalue weighted by atomic mass is 10.1. The number of hydrogen-bond acceptors (Lipinski definition) is 9. The first-order valence-corrected chi connectivity index (χ1v) is 18.4. The van der Waals surface area contributed by atoms with Gasteiger partial charge in [-0.05, 0) is 88.2 Å². The van der Waals surface area contributed by atoms with Crippen molar-refractivity contribution >= 4 is 107 Å². The minimum Gasteiger partial charge on any atom is -0.372 e. The van der Waals surface area contributed by atoms with E-state index in [1.165, 1.54) is 26.7 Å². The van der Waals surface area contributed by atoms with Crippen molar-refractivity contribution in [1.29, 1.82) is 0 Å². The summed E-state index contributed by atoms with van der Waals surface area (Å²) in [5.74, 6) is 0. The van der Waals surface area contributed by atoms with Crippen LogP contribution in [0.2, 0.25) is 0 Å². The molecule has 216 valence electrons. The van der Waals surface area contributed by atoms with Crippen LogP contribution in [0, 0.1) is 14.6 Å². The first-order valence-electron chi connectivity index (χ1n) is 12.8. The molecule has 9 heteroatoms. The monoisotopic (exact) mass is 664 g/mol. The van der Waals surface area contributed by atoms with Crippen molar-refractivity contribution in [1.82, 2.24) is 0 Å². The number of hydrogen-bond donors (Lipinski definition) is 0. The summed E-state index contributed by atoms with van der Waals surface area (Å²) in [5, 5.41) is 1.70. The number of rotatable bonds is 9. The molecule has 0 aliphatic carbocycles. The Labute approximate surface area is 272 Å². The second-order valence-electron chi connectivity index (χ2n) is 8.25. The zero-order valence-corrected chi connectivity index (χ0v) is 28.8. The number of aryl methyl sites for hydroxylation is 1. The molecule has 2 nitrogen and oxygen atoms in total. The first-order chi connectivity index (χ1) is 18.8. The lowest BCUT2D eigenvalue weighted by Gasteiger charge is -2.20. The molecule has 0 aliphatic rings. The summed E-state index contributed by atoms with van der Waals surface area (Å²) in [5.41, 5.74) is 4.88. The summed E-state index contributed by atoms with van der Waals surface area (Å²) < 4.78 is 1.96. The molecule has 0 spiro atoms. The Morgan fingerprint density at radius 2 is 1.07 bits per heavy atom. The highest BCUT2D eigenvalue weighted by molar-refractivity contribution is 7.80. The fourth-order valence-corrected chi connectivity index (χ4v) is 8.10. The van der Waals surface area contributed by atoms with E-state index in [1.807, 2.05) is 12.1 Å². The highest BCUT2D eigenvalue weighted by Crippen LogP contribution is 2.21. The standard InChI is InChI=1S/C15H17NS3.C11H15NS.C4H4S3.CH4/c1-3-16(4-2)13-8-5-12(6-9-13)7-10-14-11-15(17)19-18-14;1-3-12(4-2)11-7-5-10(9-13)6-8-11;1-3-2-4(5)7-6-3;/h5-11H,3-4H2,1-2H3;5-9H,3-4H2,1-2H3;2H,1H3;1H4/b10-7+;;;. The number of benzene rings is 2. The maximum atomic E-state index is 5.13. The molecule has 4 aromatic rings. The predicted molar refractivity (Wildman–Crippen MR) is 199 cm³/mol. The van der Waals surface area contributed by atoms with Gasteiger partial charge in [0, 0.05) is 52.7 Å². The zero-order chi connectivity index (χ0) is 28.6. The number of anilines is 2. The first kappa shape index (κ1) is 36.4. The normalized spacial score (nSPS) is 10.0. The van der Waals surface area contributed by atoms with Gasteiger partial charge in [-0.15, -0.1) is 0 Å². The van der Waals surface area contributed by atoms with E-state index >= 15 is 0 Å². The quantitative estimate of drug-likeness (QED) is 0.129. The van der Waals surface area contributed by atoms with E-state index in [4.69, 9.17) is 36.7 Å². The molecule has 0 saturated carbocycles. The van der Waals surface area contributed by atoms with Gasteiger partial charge in [-0.1, -0.05) is 116 Å². The van der Waals surface area contributed by atoms with E-state index < -0.39 is 0 Å². The van der Waals surface area contributed by atoms with Crippen LogP contribution in [-0.2, 0) is 0 Å².